The van der Waals surface area contributed by atoms with Crippen LogP contribution in [0, 0.1) is 22.5 Å². The molecule has 1 aromatic heterocycles. The van der Waals surface area contributed by atoms with Crippen molar-refractivity contribution in [1.29, 1.82) is 0 Å². The summed E-state index contributed by atoms with van der Waals surface area (Å²) in [7, 11) is 0. The molecule has 0 atom stereocenters. The van der Waals surface area contributed by atoms with E-state index in [1.807, 2.05) is 31.2 Å². The van der Waals surface area contributed by atoms with Crippen LogP contribution < -0.4 is 4.90 Å². The monoisotopic (exact) mass is 399 g/mol. The molecule has 2 aliphatic rings. The molecular formula is C23H17N3O4. The number of allylic oxidation sites excluding steroid dienone is 1. The van der Waals surface area contributed by atoms with Crippen molar-refractivity contribution in [1.82, 2.24) is 4.98 Å². The van der Waals surface area contributed by atoms with E-state index in [2.05, 4.69) is 4.98 Å². The van der Waals surface area contributed by atoms with Crippen LogP contribution in [0.4, 0.5) is 11.4 Å². The lowest BCUT2D eigenvalue weighted by Gasteiger charge is -2.28. The van der Waals surface area contributed by atoms with E-state index in [1.54, 1.807) is 24.8 Å². The largest absolute Gasteiger partial charge is 0.291 e. The van der Waals surface area contributed by atoms with E-state index in [0.717, 1.165) is 5.56 Å². The van der Waals surface area contributed by atoms with Gasteiger partial charge in [0, 0.05) is 34.2 Å². The van der Waals surface area contributed by atoms with Gasteiger partial charge in [-0.3, -0.25) is 24.6 Å². The number of benzene rings is 2. The molecule has 1 aliphatic heterocycles. The van der Waals surface area contributed by atoms with Crippen molar-refractivity contribution in [3.8, 4) is 0 Å². The fourth-order valence-corrected chi connectivity index (χ4v) is 4.13. The second-order valence-electron chi connectivity index (χ2n) is 8.23. The average molecular weight is 399 g/mol. The standard InChI is InChI=1S/C23H17N3O4/c1-12-4-6-13(7-5-12)25-17-11-23(2,3)21(27)20-19(17)18(22(25)28)15-10-14(26(29)30)8-9-16(15)24-20/h4-11H,1-3H3. The molecule has 148 valence electrons. The number of amides is 1. The molecule has 5 rings (SSSR count). The number of aromatic nitrogens is 1. The minimum atomic E-state index is -0.839. The van der Waals surface area contributed by atoms with Gasteiger partial charge in [0.15, 0.2) is 5.78 Å². The smallest absolute Gasteiger partial charge is 0.270 e. The van der Waals surface area contributed by atoms with Gasteiger partial charge in [-0.15, -0.1) is 0 Å². The molecule has 7 heteroatoms. The van der Waals surface area contributed by atoms with E-state index in [0.29, 0.717) is 27.9 Å². The SMILES string of the molecule is Cc1ccc(N2C(=O)c3c4c(nc5ccc([N+](=O)[O-])cc35)C(=O)C(C)(C)C=C42)cc1. The molecule has 0 saturated carbocycles. The lowest BCUT2D eigenvalue weighted by Crippen LogP contribution is -2.30. The van der Waals surface area contributed by atoms with Gasteiger partial charge >= 0.3 is 0 Å². The Labute approximate surface area is 171 Å². The maximum Gasteiger partial charge on any atom is 0.270 e. The summed E-state index contributed by atoms with van der Waals surface area (Å²) in [4.78, 5) is 43.7. The van der Waals surface area contributed by atoms with E-state index < -0.39 is 10.3 Å². The Balaban J connectivity index is 1.87. The quantitative estimate of drug-likeness (QED) is 0.461. The number of fused-ring (bicyclic) bond motifs is 2. The molecule has 0 radical (unpaired) electrons. The van der Waals surface area contributed by atoms with Gasteiger partial charge in [0.1, 0.15) is 5.69 Å². The summed E-state index contributed by atoms with van der Waals surface area (Å²) in [5.74, 6) is -0.499. The number of hydrogen-bond acceptors (Lipinski definition) is 5. The highest BCUT2D eigenvalue weighted by atomic mass is 16.6. The summed E-state index contributed by atoms with van der Waals surface area (Å²) in [6.07, 6.45) is 1.79. The van der Waals surface area contributed by atoms with Gasteiger partial charge in [-0.25, -0.2) is 4.98 Å². The number of ketones is 1. The Bertz CT molecular complexity index is 1340. The average Bonchev–Trinajstić information content (AvgIpc) is 2.98. The Hall–Kier alpha value is -3.87. The second-order valence-corrected chi connectivity index (χ2v) is 8.23. The predicted octanol–water partition coefficient (Wildman–Crippen LogP) is 4.68. The lowest BCUT2D eigenvalue weighted by atomic mass is 9.78. The molecule has 7 nitrogen and oxygen atoms in total. The normalized spacial score (nSPS) is 16.6. The number of non-ortho nitro benzene ring substituents is 1. The molecule has 0 bridgehead atoms. The van der Waals surface area contributed by atoms with Crippen LogP contribution in [0.25, 0.3) is 16.6 Å². The molecule has 1 aliphatic carbocycles. The third kappa shape index (κ3) is 2.35. The number of pyridine rings is 1. The first kappa shape index (κ1) is 18.2. The number of nitro benzene ring substituents is 1. The van der Waals surface area contributed by atoms with E-state index in [-0.39, 0.29) is 28.6 Å². The third-order valence-corrected chi connectivity index (χ3v) is 5.68. The number of carbonyl (C=O) groups is 2. The van der Waals surface area contributed by atoms with Gasteiger partial charge in [-0.05, 0) is 45.0 Å². The lowest BCUT2D eigenvalue weighted by molar-refractivity contribution is -0.384. The van der Waals surface area contributed by atoms with Crippen LogP contribution >= 0.6 is 0 Å². The molecular weight excluding hydrogens is 382 g/mol. The highest BCUT2D eigenvalue weighted by molar-refractivity contribution is 6.30. The van der Waals surface area contributed by atoms with Crippen molar-refractivity contribution >= 4 is 39.7 Å². The van der Waals surface area contributed by atoms with Crippen molar-refractivity contribution in [2.24, 2.45) is 5.41 Å². The van der Waals surface area contributed by atoms with Gasteiger partial charge in [-0.2, -0.15) is 0 Å². The van der Waals surface area contributed by atoms with E-state index in [4.69, 9.17) is 0 Å². The maximum absolute atomic E-state index is 13.6. The van der Waals surface area contributed by atoms with Gasteiger partial charge in [0.05, 0.1) is 21.7 Å². The van der Waals surface area contributed by atoms with Crippen LogP contribution in [0.5, 0.6) is 0 Å². The maximum atomic E-state index is 13.6. The number of rotatable bonds is 2. The Kier molecular flexibility index (Phi) is 3.53. The van der Waals surface area contributed by atoms with E-state index >= 15 is 0 Å². The molecule has 0 spiro atoms. The van der Waals surface area contributed by atoms with Gasteiger partial charge in [-0.1, -0.05) is 17.7 Å². The van der Waals surface area contributed by atoms with Crippen molar-refractivity contribution in [2.75, 3.05) is 4.90 Å². The minimum Gasteiger partial charge on any atom is -0.291 e. The number of nitrogens with zero attached hydrogens (tertiary/aromatic N) is 3. The molecule has 1 amide bonds. The molecule has 3 aromatic rings. The van der Waals surface area contributed by atoms with Crippen molar-refractivity contribution in [3.63, 3.8) is 0 Å². The number of carbonyl (C=O) groups excluding carboxylic acids is 2. The van der Waals surface area contributed by atoms with Crippen LogP contribution in [0.3, 0.4) is 0 Å². The number of Topliss-reactive ketones (excluding diaryl/α,β-unsaturated/α-hetero) is 1. The fourth-order valence-electron chi connectivity index (χ4n) is 4.13. The zero-order valence-corrected chi connectivity index (χ0v) is 16.6. The summed E-state index contributed by atoms with van der Waals surface area (Å²) < 4.78 is 0. The Morgan fingerprint density at radius 3 is 2.40 bits per heavy atom. The first-order valence-electron chi connectivity index (χ1n) is 9.50. The van der Waals surface area contributed by atoms with E-state index in [9.17, 15) is 19.7 Å². The highest BCUT2D eigenvalue weighted by Crippen LogP contribution is 2.47. The molecule has 0 saturated heterocycles. The number of aryl methyl sites for hydroxylation is 1. The number of hydrogen-bond donors (Lipinski definition) is 0. The Morgan fingerprint density at radius 1 is 1.03 bits per heavy atom. The molecule has 2 aromatic carbocycles. The summed E-state index contributed by atoms with van der Waals surface area (Å²) in [6.45, 7) is 5.55. The van der Waals surface area contributed by atoms with Crippen LogP contribution in [0.15, 0.2) is 48.5 Å². The number of nitro groups is 1. The van der Waals surface area contributed by atoms with Crippen LogP contribution in [-0.2, 0) is 0 Å². The summed E-state index contributed by atoms with van der Waals surface area (Å²) in [5, 5.41) is 11.7. The summed E-state index contributed by atoms with van der Waals surface area (Å²) >= 11 is 0. The first-order chi connectivity index (χ1) is 14.2. The summed E-state index contributed by atoms with van der Waals surface area (Å²) in [5.41, 5.74) is 2.72. The van der Waals surface area contributed by atoms with Crippen LogP contribution in [0.1, 0.15) is 45.8 Å². The van der Waals surface area contributed by atoms with Gasteiger partial charge in [0.25, 0.3) is 11.6 Å². The second kappa shape index (κ2) is 5.82. The highest BCUT2D eigenvalue weighted by Gasteiger charge is 2.46. The van der Waals surface area contributed by atoms with Crippen molar-refractivity contribution in [3.05, 3.63) is 81.0 Å². The zero-order valence-electron chi connectivity index (χ0n) is 16.6. The number of anilines is 1. The van der Waals surface area contributed by atoms with Gasteiger partial charge < -0.3 is 0 Å². The molecule has 0 unspecified atom stereocenters. The Morgan fingerprint density at radius 2 is 1.73 bits per heavy atom. The van der Waals surface area contributed by atoms with Crippen molar-refractivity contribution < 1.29 is 14.5 Å². The zero-order chi connectivity index (χ0) is 21.4. The van der Waals surface area contributed by atoms with Gasteiger partial charge in [0.2, 0.25) is 0 Å². The topological polar surface area (TPSA) is 93.4 Å². The van der Waals surface area contributed by atoms with Crippen LogP contribution in [-0.4, -0.2) is 21.6 Å². The van der Waals surface area contributed by atoms with Crippen molar-refractivity contribution in [2.45, 2.75) is 20.8 Å². The predicted molar refractivity (Wildman–Crippen MR) is 112 cm³/mol. The third-order valence-electron chi connectivity index (χ3n) is 5.68. The summed E-state index contributed by atoms with van der Waals surface area (Å²) in [6, 6.07) is 11.7. The minimum absolute atomic E-state index is 0.130. The molecule has 30 heavy (non-hydrogen) atoms. The molecule has 0 fully saturated rings. The molecule has 2 heterocycles. The molecule has 0 N–H and O–H groups in total. The fraction of sp³-hybridized carbons (Fsp3) is 0.174. The first-order valence-corrected chi connectivity index (χ1v) is 9.50. The van der Waals surface area contributed by atoms with Crippen LogP contribution in [0.2, 0.25) is 0 Å². The van der Waals surface area contributed by atoms with E-state index in [1.165, 1.54) is 18.2 Å².